The molecule has 1 aliphatic heterocycles. The molecule has 1 aliphatic rings. The Kier molecular flexibility index (Phi) is 3.98. The van der Waals surface area contributed by atoms with Gasteiger partial charge in [0, 0.05) is 22.7 Å². The van der Waals surface area contributed by atoms with Gasteiger partial charge in [0.2, 0.25) is 0 Å². The van der Waals surface area contributed by atoms with Gasteiger partial charge < -0.3 is 0 Å². The van der Waals surface area contributed by atoms with Crippen LogP contribution < -0.4 is 4.90 Å². The number of amidine groups is 1. The van der Waals surface area contributed by atoms with E-state index in [9.17, 15) is 4.79 Å². The van der Waals surface area contributed by atoms with Crippen molar-refractivity contribution in [2.24, 2.45) is 0 Å². The zero-order chi connectivity index (χ0) is 17.4. The summed E-state index contributed by atoms with van der Waals surface area (Å²) in [5.41, 5.74) is 3.51. The smallest absolute Gasteiger partial charge is 0.273 e. The van der Waals surface area contributed by atoms with Gasteiger partial charge in [-0.15, -0.1) is 11.3 Å². The van der Waals surface area contributed by atoms with Crippen molar-refractivity contribution in [2.45, 2.75) is 6.92 Å². The van der Waals surface area contributed by atoms with Gasteiger partial charge in [0.1, 0.15) is 0 Å². The Morgan fingerprint density at radius 2 is 2.08 bits per heavy atom. The SMILES string of the molecule is CC(=C1SC(=N)N(c2nccs2)C1=O)c1cn[nH]c1-c1ccccc1. The zero-order valence-corrected chi connectivity index (χ0v) is 14.8. The first-order chi connectivity index (χ1) is 12.2. The fraction of sp³-hybridized carbons (Fsp3) is 0.0588. The largest absolute Gasteiger partial charge is 0.278 e. The third kappa shape index (κ3) is 2.69. The van der Waals surface area contributed by atoms with Crippen LogP contribution in [0.4, 0.5) is 5.13 Å². The number of nitrogens with zero attached hydrogens (tertiary/aromatic N) is 3. The zero-order valence-electron chi connectivity index (χ0n) is 13.2. The number of carbonyl (C=O) groups is 1. The number of rotatable bonds is 3. The van der Waals surface area contributed by atoms with Crippen molar-refractivity contribution in [2.75, 3.05) is 4.90 Å². The van der Waals surface area contributed by atoms with Crippen LogP contribution in [0.2, 0.25) is 0 Å². The van der Waals surface area contributed by atoms with E-state index in [1.807, 2.05) is 37.3 Å². The topological polar surface area (TPSA) is 85.7 Å². The molecule has 1 saturated heterocycles. The summed E-state index contributed by atoms with van der Waals surface area (Å²) in [6.45, 7) is 1.89. The highest BCUT2D eigenvalue weighted by atomic mass is 32.2. The minimum Gasteiger partial charge on any atom is -0.278 e. The first-order valence-electron chi connectivity index (χ1n) is 7.47. The van der Waals surface area contributed by atoms with E-state index in [1.54, 1.807) is 17.8 Å². The molecule has 2 N–H and O–H groups in total. The molecule has 0 radical (unpaired) electrons. The second-order valence-corrected chi connectivity index (χ2v) is 7.21. The van der Waals surface area contributed by atoms with E-state index >= 15 is 0 Å². The van der Waals surface area contributed by atoms with Gasteiger partial charge in [-0.3, -0.25) is 15.3 Å². The van der Waals surface area contributed by atoms with Crippen molar-refractivity contribution in [1.29, 1.82) is 5.41 Å². The molecule has 0 bridgehead atoms. The lowest BCUT2D eigenvalue weighted by atomic mass is 10.0. The van der Waals surface area contributed by atoms with E-state index in [-0.39, 0.29) is 11.1 Å². The van der Waals surface area contributed by atoms with Gasteiger partial charge in [0.15, 0.2) is 10.3 Å². The molecule has 8 heteroatoms. The summed E-state index contributed by atoms with van der Waals surface area (Å²) in [4.78, 5) is 18.9. The Balaban J connectivity index is 1.77. The van der Waals surface area contributed by atoms with E-state index in [4.69, 9.17) is 5.41 Å². The second-order valence-electron chi connectivity index (χ2n) is 5.34. The quantitative estimate of drug-likeness (QED) is 0.686. The molecule has 0 atom stereocenters. The molecule has 124 valence electrons. The van der Waals surface area contributed by atoms with Gasteiger partial charge in [-0.05, 0) is 24.3 Å². The van der Waals surface area contributed by atoms with Crippen LogP contribution in [0.1, 0.15) is 12.5 Å². The number of aromatic nitrogens is 3. The number of H-pyrrole nitrogens is 1. The Morgan fingerprint density at radius 1 is 1.28 bits per heavy atom. The lowest BCUT2D eigenvalue weighted by Gasteiger charge is -2.10. The van der Waals surface area contributed by atoms with Crippen molar-refractivity contribution in [3.05, 3.63) is 58.6 Å². The van der Waals surface area contributed by atoms with Crippen LogP contribution in [-0.4, -0.2) is 26.3 Å². The van der Waals surface area contributed by atoms with Crippen molar-refractivity contribution in [3.63, 3.8) is 0 Å². The number of benzene rings is 1. The highest BCUT2D eigenvalue weighted by molar-refractivity contribution is 8.19. The van der Waals surface area contributed by atoms with Crippen LogP contribution in [0.5, 0.6) is 0 Å². The summed E-state index contributed by atoms with van der Waals surface area (Å²) in [5.74, 6) is -0.220. The van der Waals surface area contributed by atoms with Crippen LogP contribution in [0.15, 0.2) is 53.0 Å². The summed E-state index contributed by atoms with van der Waals surface area (Å²) in [6, 6.07) is 9.84. The number of anilines is 1. The van der Waals surface area contributed by atoms with Crippen molar-refractivity contribution in [1.82, 2.24) is 15.2 Å². The maximum atomic E-state index is 12.8. The van der Waals surface area contributed by atoms with Crippen LogP contribution >= 0.6 is 23.1 Å². The Morgan fingerprint density at radius 3 is 2.80 bits per heavy atom. The van der Waals surface area contributed by atoms with Crippen molar-refractivity contribution in [3.8, 4) is 11.3 Å². The van der Waals surface area contributed by atoms with E-state index < -0.39 is 0 Å². The van der Waals surface area contributed by atoms with Gasteiger partial charge in [-0.2, -0.15) is 5.10 Å². The first-order valence-corrected chi connectivity index (χ1v) is 9.17. The number of aromatic amines is 1. The number of nitrogens with one attached hydrogen (secondary N) is 2. The molecule has 6 nitrogen and oxygen atoms in total. The summed E-state index contributed by atoms with van der Waals surface area (Å²) < 4.78 is 0. The summed E-state index contributed by atoms with van der Waals surface area (Å²) in [5, 5.41) is 17.8. The molecule has 3 aromatic rings. The molecular formula is C17H13N5OS2. The molecule has 0 spiro atoms. The Bertz CT molecular complexity index is 976. The van der Waals surface area contributed by atoms with E-state index in [1.165, 1.54) is 16.2 Å². The lowest BCUT2D eigenvalue weighted by molar-refractivity contribution is -0.113. The van der Waals surface area contributed by atoms with E-state index in [0.717, 1.165) is 34.2 Å². The normalized spacial score (nSPS) is 16.6. The maximum Gasteiger partial charge on any atom is 0.273 e. The molecule has 1 amide bonds. The highest BCUT2D eigenvalue weighted by Crippen LogP contribution is 2.40. The monoisotopic (exact) mass is 367 g/mol. The number of allylic oxidation sites excluding steroid dienone is 1. The van der Waals surface area contributed by atoms with Gasteiger partial charge in [-0.25, -0.2) is 9.88 Å². The van der Waals surface area contributed by atoms with Crippen LogP contribution in [0, 0.1) is 5.41 Å². The molecule has 1 aromatic carbocycles. The third-order valence-corrected chi connectivity index (χ3v) is 5.67. The number of carbonyl (C=O) groups excluding carboxylic acids is 1. The molecule has 3 heterocycles. The van der Waals surface area contributed by atoms with Gasteiger partial charge in [0.05, 0.1) is 16.8 Å². The number of amides is 1. The van der Waals surface area contributed by atoms with Crippen LogP contribution in [0.3, 0.4) is 0 Å². The molecule has 25 heavy (non-hydrogen) atoms. The van der Waals surface area contributed by atoms with Crippen molar-refractivity contribution < 1.29 is 4.79 Å². The maximum absolute atomic E-state index is 12.8. The minimum atomic E-state index is -0.220. The van der Waals surface area contributed by atoms with Gasteiger partial charge in [-0.1, -0.05) is 30.3 Å². The second kappa shape index (κ2) is 6.30. The molecule has 2 aromatic heterocycles. The molecule has 0 unspecified atom stereocenters. The Hall–Kier alpha value is -2.71. The number of thioether (sulfide) groups is 1. The summed E-state index contributed by atoms with van der Waals surface area (Å²) >= 11 is 2.49. The lowest BCUT2D eigenvalue weighted by Crippen LogP contribution is -2.28. The number of hydrogen-bond donors (Lipinski definition) is 2. The summed E-state index contributed by atoms with van der Waals surface area (Å²) in [7, 11) is 0. The Labute approximate surface area is 152 Å². The average Bonchev–Trinajstić information content (AvgIpc) is 3.35. The molecule has 4 rings (SSSR count). The van der Waals surface area contributed by atoms with Gasteiger partial charge in [0.25, 0.3) is 5.91 Å². The van der Waals surface area contributed by atoms with E-state index in [2.05, 4.69) is 15.2 Å². The van der Waals surface area contributed by atoms with Crippen LogP contribution in [-0.2, 0) is 4.79 Å². The molecule has 0 aliphatic carbocycles. The number of thiazole rings is 1. The fourth-order valence-corrected chi connectivity index (χ4v) is 4.23. The minimum absolute atomic E-state index is 0.166. The number of hydrogen-bond acceptors (Lipinski definition) is 6. The molecule has 1 fully saturated rings. The fourth-order valence-electron chi connectivity index (χ4n) is 2.63. The highest BCUT2D eigenvalue weighted by Gasteiger charge is 2.37. The standard InChI is InChI=1S/C17H13N5OS2/c1-10(12-9-20-21-13(12)11-5-3-2-4-6-11)14-15(23)22(16(18)25-14)17-19-7-8-24-17/h2-9,18H,1H3,(H,20,21). The first kappa shape index (κ1) is 15.8. The third-order valence-electron chi connectivity index (χ3n) is 3.86. The summed E-state index contributed by atoms with van der Waals surface area (Å²) in [6.07, 6.45) is 3.34. The predicted octanol–water partition coefficient (Wildman–Crippen LogP) is 3.98. The van der Waals surface area contributed by atoms with Crippen LogP contribution in [0.25, 0.3) is 16.8 Å². The predicted molar refractivity (Wildman–Crippen MR) is 102 cm³/mol. The van der Waals surface area contributed by atoms with Gasteiger partial charge >= 0.3 is 0 Å². The van der Waals surface area contributed by atoms with E-state index in [0.29, 0.717) is 10.0 Å². The molecular weight excluding hydrogens is 354 g/mol. The molecule has 0 saturated carbocycles. The average molecular weight is 367 g/mol. The van der Waals surface area contributed by atoms with Crippen molar-refractivity contribution >= 4 is 44.9 Å².